The van der Waals surface area contributed by atoms with Crippen molar-refractivity contribution in [3.8, 4) is 17.3 Å². The summed E-state index contributed by atoms with van der Waals surface area (Å²) in [5, 5.41) is 9.15. The molecule has 1 aromatic carbocycles. The van der Waals surface area contributed by atoms with Crippen molar-refractivity contribution in [2.24, 2.45) is 0 Å². The summed E-state index contributed by atoms with van der Waals surface area (Å²) < 4.78 is 37.1. The third-order valence-corrected chi connectivity index (χ3v) is 5.02. The van der Waals surface area contributed by atoms with E-state index >= 15 is 0 Å². The molecule has 0 N–H and O–H groups in total. The Kier molecular flexibility index (Phi) is 3.26. The van der Waals surface area contributed by atoms with Gasteiger partial charge >= 0.3 is 0 Å². The van der Waals surface area contributed by atoms with Crippen LogP contribution < -0.4 is 0 Å². The summed E-state index contributed by atoms with van der Waals surface area (Å²) in [6.45, 7) is 0. The molecule has 0 radical (unpaired) electrons. The van der Waals surface area contributed by atoms with E-state index in [0.717, 1.165) is 19.1 Å². The Morgan fingerprint density at radius 2 is 2.00 bits per heavy atom. The highest BCUT2D eigenvalue weighted by molar-refractivity contribution is 7.90. The Morgan fingerprint density at radius 1 is 1.27 bits per heavy atom. The molecule has 0 amide bonds. The van der Waals surface area contributed by atoms with Crippen molar-refractivity contribution >= 4 is 9.84 Å². The number of sulfone groups is 1. The van der Waals surface area contributed by atoms with Crippen molar-refractivity contribution in [2.75, 3.05) is 6.26 Å². The van der Waals surface area contributed by atoms with E-state index in [1.54, 1.807) is 12.1 Å². The zero-order valence-electron chi connectivity index (χ0n) is 11.9. The second kappa shape index (κ2) is 4.89. The molecule has 0 spiro atoms. The van der Waals surface area contributed by atoms with E-state index in [-0.39, 0.29) is 10.5 Å². The van der Waals surface area contributed by atoms with Crippen LogP contribution in [0.4, 0.5) is 4.39 Å². The largest absolute Gasteiger partial charge is 0.255 e. The van der Waals surface area contributed by atoms with Crippen LogP contribution in [-0.2, 0) is 15.3 Å². The van der Waals surface area contributed by atoms with Gasteiger partial charge in [-0.1, -0.05) is 6.07 Å². The summed E-state index contributed by atoms with van der Waals surface area (Å²) in [6, 6.07) is 9.81. The Morgan fingerprint density at radius 3 is 2.45 bits per heavy atom. The standard InChI is InChI=1S/C16H13FN2O2S/c1-22(20,21)12-3-5-15(19-9-12)13-4-2-11(8-14(13)17)16(10-18)6-7-16/h2-5,8-9H,6-7H2,1H3. The van der Waals surface area contributed by atoms with Gasteiger partial charge in [0.15, 0.2) is 9.84 Å². The van der Waals surface area contributed by atoms with Crippen LogP contribution in [0.5, 0.6) is 0 Å². The van der Waals surface area contributed by atoms with Crippen LogP contribution in [0.3, 0.4) is 0 Å². The van der Waals surface area contributed by atoms with Gasteiger partial charge in [-0.3, -0.25) is 4.98 Å². The van der Waals surface area contributed by atoms with Crippen molar-refractivity contribution in [3.05, 3.63) is 47.9 Å². The minimum atomic E-state index is -3.33. The second-order valence-electron chi connectivity index (χ2n) is 5.54. The average molecular weight is 316 g/mol. The fraction of sp³-hybridized carbons (Fsp3) is 0.250. The van der Waals surface area contributed by atoms with Crippen molar-refractivity contribution in [2.45, 2.75) is 23.2 Å². The quantitative estimate of drug-likeness (QED) is 0.873. The van der Waals surface area contributed by atoms with Gasteiger partial charge in [0.05, 0.1) is 22.1 Å². The van der Waals surface area contributed by atoms with E-state index in [4.69, 9.17) is 5.26 Å². The Hall–Kier alpha value is -2.26. The van der Waals surface area contributed by atoms with Gasteiger partial charge in [-0.25, -0.2) is 12.8 Å². The third kappa shape index (κ3) is 2.48. The molecule has 2 aromatic rings. The fourth-order valence-electron chi connectivity index (χ4n) is 2.37. The first-order chi connectivity index (χ1) is 10.4. The van der Waals surface area contributed by atoms with Crippen LogP contribution in [0.2, 0.25) is 0 Å². The lowest BCUT2D eigenvalue weighted by molar-refractivity contribution is 0.601. The van der Waals surface area contributed by atoms with E-state index in [2.05, 4.69) is 11.1 Å². The van der Waals surface area contributed by atoms with Crippen LogP contribution in [0.25, 0.3) is 11.3 Å². The summed E-state index contributed by atoms with van der Waals surface area (Å²) in [4.78, 5) is 4.11. The molecule has 1 aliphatic carbocycles. The highest BCUT2D eigenvalue weighted by Crippen LogP contribution is 2.48. The highest BCUT2D eigenvalue weighted by atomic mass is 32.2. The van der Waals surface area contributed by atoms with E-state index < -0.39 is 21.1 Å². The minimum absolute atomic E-state index is 0.0923. The number of pyridine rings is 1. The monoisotopic (exact) mass is 316 g/mol. The Bertz CT molecular complexity index is 879. The Labute approximate surface area is 128 Å². The number of hydrogen-bond acceptors (Lipinski definition) is 4. The van der Waals surface area contributed by atoms with Crippen molar-refractivity contribution < 1.29 is 12.8 Å². The highest BCUT2D eigenvalue weighted by Gasteiger charge is 2.45. The summed E-state index contributed by atoms with van der Waals surface area (Å²) in [5.41, 5.74) is 0.798. The summed E-state index contributed by atoms with van der Waals surface area (Å²) >= 11 is 0. The number of halogens is 1. The van der Waals surface area contributed by atoms with Crippen LogP contribution in [0, 0.1) is 17.1 Å². The predicted molar refractivity (Wildman–Crippen MR) is 79.3 cm³/mol. The first-order valence-corrected chi connectivity index (χ1v) is 8.63. The molecule has 112 valence electrons. The maximum Gasteiger partial charge on any atom is 0.177 e. The summed E-state index contributed by atoms with van der Waals surface area (Å²) in [6.07, 6.45) is 3.82. The molecule has 1 aromatic heterocycles. The molecule has 1 aliphatic rings. The Balaban J connectivity index is 1.98. The normalized spacial score (nSPS) is 16.0. The molecule has 22 heavy (non-hydrogen) atoms. The molecule has 0 atom stereocenters. The molecular weight excluding hydrogens is 303 g/mol. The number of nitriles is 1. The van der Waals surface area contributed by atoms with Crippen molar-refractivity contribution in [1.29, 1.82) is 5.26 Å². The van der Waals surface area contributed by atoms with Gasteiger partial charge in [0.25, 0.3) is 0 Å². The summed E-state index contributed by atoms with van der Waals surface area (Å²) in [7, 11) is -3.33. The maximum absolute atomic E-state index is 14.3. The van der Waals surface area contributed by atoms with E-state index in [9.17, 15) is 12.8 Å². The molecule has 1 saturated carbocycles. The molecule has 4 nitrogen and oxygen atoms in total. The van der Waals surface area contributed by atoms with Crippen LogP contribution in [0.1, 0.15) is 18.4 Å². The zero-order chi connectivity index (χ0) is 16.0. The lowest BCUT2D eigenvalue weighted by Crippen LogP contribution is -2.03. The van der Waals surface area contributed by atoms with Crippen molar-refractivity contribution in [3.63, 3.8) is 0 Å². The number of hydrogen-bond donors (Lipinski definition) is 0. The topological polar surface area (TPSA) is 70.8 Å². The summed E-state index contributed by atoms with van der Waals surface area (Å²) in [5.74, 6) is -0.460. The first kappa shape index (κ1) is 14.7. The third-order valence-electron chi connectivity index (χ3n) is 3.93. The fourth-order valence-corrected chi connectivity index (χ4v) is 2.93. The van der Waals surface area contributed by atoms with Crippen LogP contribution in [-0.4, -0.2) is 19.7 Å². The predicted octanol–water partition coefficient (Wildman–Crippen LogP) is 2.85. The number of rotatable bonds is 3. The van der Waals surface area contributed by atoms with Gasteiger partial charge in [-0.2, -0.15) is 5.26 Å². The first-order valence-electron chi connectivity index (χ1n) is 6.73. The molecular formula is C16H13FN2O2S. The zero-order valence-corrected chi connectivity index (χ0v) is 12.7. The van der Waals surface area contributed by atoms with Crippen LogP contribution in [0.15, 0.2) is 41.4 Å². The van der Waals surface area contributed by atoms with E-state index in [1.165, 1.54) is 24.4 Å². The molecule has 6 heteroatoms. The minimum Gasteiger partial charge on any atom is -0.255 e. The molecule has 0 bridgehead atoms. The number of nitrogens with zero attached hydrogens (tertiary/aromatic N) is 2. The van der Waals surface area contributed by atoms with Crippen LogP contribution >= 0.6 is 0 Å². The van der Waals surface area contributed by atoms with Crippen molar-refractivity contribution in [1.82, 2.24) is 4.98 Å². The van der Waals surface area contributed by atoms with Gasteiger partial charge in [-0.15, -0.1) is 0 Å². The molecule has 0 saturated heterocycles. The van der Waals surface area contributed by atoms with Gasteiger partial charge in [0, 0.05) is 18.0 Å². The SMILES string of the molecule is CS(=O)(=O)c1ccc(-c2ccc(C3(C#N)CC3)cc2F)nc1. The van der Waals surface area contributed by atoms with Gasteiger partial charge in [-0.05, 0) is 42.7 Å². The van der Waals surface area contributed by atoms with Gasteiger partial charge in [0.1, 0.15) is 5.82 Å². The van der Waals surface area contributed by atoms with Gasteiger partial charge in [0.2, 0.25) is 0 Å². The second-order valence-corrected chi connectivity index (χ2v) is 7.56. The molecule has 3 rings (SSSR count). The van der Waals surface area contributed by atoms with Gasteiger partial charge < -0.3 is 0 Å². The molecule has 0 aliphatic heterocycles. The average Bonchev–Trinajstić information content (AvgIpc) is 3.27. The number of aromatic nitrogens is 1. The lowest BCUT2D eigenvalue weighted by Gasteiger charge is -2.09. The van der Waals surface area contributed by atoms with E-state index in [0.29, 0.717) is 11.3 Å². The number of benzene rings is 1. The van der Waals surface area contributed by atoms with E-state index in [1.807, 2.05) is 0 Å². The molecule has 0 unspecified atom stereocenters. The smallest absolute Gasteiger partial charge is 0.177 e. The maximum atomic E-state index is 14.3. The molecule has 1 fully saturated rings. The lowest BCUT2D eigenvalue weighted by atomic mass is 9.95. The molecule has 1 heterocycles.